The van der Waals surface area contributed by atoms with Gasteiger partial charge < -0.3 is 15.7 Å². The molecule has 1 fully saturated rings. The molecule has 1 aromatic heterocycles. The number of hydrogen-bond donors (Lipinski definition) is 3. The van der Waals surface area contributed by atoms with E-state index in [1.807, 2.05) is 26.2 Å². The van der Waals surface area contributed by atoms with Crippen molar-refractivity contribution in [1.29, 1.82) is 0 Å². The van der Waals surface area contributed by atoms with E-state index >= 15 is 0 Å². The van der Waals surface area contributed by atoms with Gasteiger partial charge in [0.05, 0.1) is 18.2 Å². The number of aliphatic hydroxyl groups excluding tert-OH is 1. The lowest BCUT2D eigenvalue weighted by molar-refractivity contribution is 0.101. The highest BCUT2D eigenvalue weighted by molar-refractivity contribution is 7.09. The van der Waals surface area contributed by atoms with E-state index in [2.05, 4.69) is 15.6 Å². The second-order valence-corrected chi connectivity index (χ2v) is 7.45. The number of hydrogen-bond acceptors (Lipinski definition) is 4. The second kappa shape index (κ2) is 7.42. The van der Waals surface area contributed by atoms with Crippen molar-refractivity contribution in [2.24, 2.45) is 5.92 Å². The fourth-order valence-electron chi connectivity index (χ4n) is 3.14. The summed E-state index contributed by atoms with van der Waals surface area (Å²) in [5.41, 5.74) is 0.416. The van der Waals surface area contributed by atoms with Crippen LogP contribution in [-0.4, -0.2) is 28.3 Å². The van der Waals surface area contributed by atoms with Crippen molar-refractivity contribution in [2.75, 3.05) is 6.61 Å². The van der Waals surface area contributed by atoms with Crippen LogP contribution in [-0.2, 0) is 0 Å². The number of nitrogens with one attached hydrogen (secondary N) is 2. The lowest BCUT2D eigenvalue weighted by atomic mass is 9.76. The Morgan fingerprint density at radius 1 is 1.50 bits per heavy atom. The van der Waals surface area contributed by atoms with E-state index in [1.165, 1.54) is 19.3 Å². The number of rotatable bonds is 5. The Hall–Kier alpha value is -1.14. The lowest BCUT2D eigenvalue weighted by Crippen LogP contribution is -2.57. The molecule has 1 aliphatic rings. The quantitative estimate of drug-likeness (QED) is 0.778. The predicted molar refractivity (Wildman–Crippen MR) is 89.0 cm³/mol. The number of nitrogens with zero attached hydrogens (tertiary/aromatic N) is 1. The summed E-state index contributed by atoms with van der Waals surface area (Å²) in [4.78, 5) is 16.7. The number of carbonyl (C=O) groups is 1. The molecule has 1 aliphatic carbocycles. The zero-order valence-corrected chi connectivity index (χ0v) is 14.5. The summed E-state index contributed by atoms with van der Waals surface area (Å²) in [7, 11) is 0. The first-order chi connectivity index (χ1) is 10.4. The van der Waals surface area contributed by atoms with Gasteiger partial charge in [-0.25, -0.2) is 9.78 Å². The molecule has 1 saturated carbocycles. The maximum absolute atomic E-state index is 12.3. The minimum Gasteiger partial charge on any atom is -0.394 e. The molecule has 0 bridgehead atoms. The largest absolute Gasteiger partial charge is 0.394 e. The average molecular weight is 325 g/mol. The van der Waals surface area contributed by atoms with Crippen LogP contribution in [0.25, 0.3) is 0 Å². The Labute approximate surface area is 136 Å². The van der Waals surface area contributed by atoms with Crippen molar-refractivity contribution in [3.05, 3.63) is 16.1 Å². The van der Waals surface area contributed by atoms with Crippen LogP contribution in [0.5, 0.6) is 0 Å². The van der Waals surface area contributed by atoms with Gasteiger partial charge in [-0.3, -0.25) is 0 Å². The standard InChI is InChI=1S/C16H27N3O2S/c1-11-9-22-14(17-11)12(2)18-15(21)19-16(3,10-20)13-7-5-4-6-8-13/h9,12-13,20H,4-8,10H2,1-3H3,(H2,18,19,21)/t12-,16+/m0/s1. The summed E-state index contributed by atoms with van der Waals surface area (Å²) in [5.74, 6) is 0.342. The van der Waals surface area contributed by atoms with Gasteiger partial charge in [0.15, 0.2) is 0 Å². The number of urea groups is 1. The van der Waals surface area contributed by atoms with E-state index < -0.39 is 5.54 Å². The summed E-state index contributed by atoms with van der Waals surface area (Å²) in [5, 5.41) is 18.6. The summed E-state index contributed by atoms with van der Waals surface area (Å²) < 4.78 is 0. The van der Waals surface area contributed by atoms with E-state index in [9.17, 15) is 9.90 Å². The smallest absolute Gasteiger partial charge is 0.315 e. The molecule has 3 N–H and O–H groups in total. The van der Waals surface area contributed by atoms with Crippen molar-refractivity contribution < 1.29 is 9.90 Å². The number of aromatic nitrogens is 1. The van der Waals surface area contributed by atoms with Gasteiger partial charge in [-0.1, -0.05) is 19.3 Å². The highest BCUT2D eigenvalue weighted by Gasteiger charge is 2.36. The first-order valence-corrected chi connectivity index (χ1v) is 8.94. The number of aliphatic hydroxyl groups is 1. The summed E-state index contributed by atoms with van der Waals surface area (Å²) in [6.45, 7) is 5.78. The zero-order chi connectivity index (χ0) is 16.2. The summed E-state index contributed by atoms with van der Waals surface area (Å²) >= 11 is 1.55. The van der Waals surface area contributed by atoms with Gasteiger partial charge in [-0.15, -0.1) is 11.3 Å². The number of aryl methyl sites for hydroxylation is 1. The Morgan fingerprint density at radius 2 is 2.18 bits per heavy atom. The maximum Gasteiger partial charge on any atom is 0.315 e. The van der Waals surface area contributed by atoms with E-state index in [4.69, 9.17) is 0 Å². The Kier molecular flexibility index (Phi) is 5.81. The highest BCUT2D eigenvalue weighted by atomic mass is 32.1. The van der Waals surface area contributed by atoms with Crippen LogP contribution >= 0.6 is 11.3 Å². The molecular formula is C16H27N3O2S. The topological polar surface area (TPSA) is 74.2 Å². The Morgan fingerprint density at radius 3 is 2.73 bits per heavy atom. The van der Waals surface area contributed by atoms with Gasteiger partial charge >= 0.3 is 6.03 Å². The molecule has 2 rings (SSSR count). The lowest BCUT2D eigenvalue weighted by Gasteiger charge is -2.39. The molecule has 1 heterocycles. The van der Waals surface area contributed by atoms with Gasteiger partial charge in [-0.2, -0.15) is 0 Å². The molecule has 0 radical (unpaired) electrons. The fourth-order valence-corrected chi connectivity index (χ4v) is 3.94. The van der Waals surface area contributed by atoms with Crippen LogP contribution in [0.3, 0.4) is 0 Å². The SMILES string of the molecule is Cc1csc([C@H](C)NC(=O)N[C@](C)(CO)C2CCCCC2)n1. The third-order valence-corrected chi connectivity index (χ3v) is 5.73. The maximum atomic E-state index is 12.3. The Bertz CT molecular complexity index is 499. The predicted octanol–water partition coefficient (Wildman–Crippen LogP) is 3.14. The van der Waals surface area contributed by atoms with E-state index in [1.54, 1.807) is 11.3 Å². The van der Waals surface area contributed by atoms with Crippen LogP contribution in [0.1, 0.15) is 62.7 Å². The van der Waals surface area contributed by atoms with E-state index in [0.29, 0.717) is 5.92 Å². The van der Waals surface area contributed by atoms with Crippen LogP contribution in [0.15, 0.2) is 5.38 Å². The normalized spacial score (nSPS) is 20.2. The molecule has 0 aliphatic heterocycles. The third kappa shape index (κ3) is 4.20. The van der Waals surface area contributed by atoms with Crippen molar-refractivity contribution in [3.8, 4) is 0 Å². The summed E-state index contributed by atoms with van der Waals surface area (Å²) in [6, 6.07) is -0.365. The molecule has 2 amide bonds. The van der Waals surface area contributed by atoms with Crippen molar-refractivity contribution in [3.63, 3.8) is 0 Å². The molecule has 5 nitrogen and oxygen atoms in total. The first-order valence-electron chi connectivity index (χ1n) is 8.06. The molecule has 124 valence electrons. The molecule has 0 saturated heterocycles. The van der Waals surface area contributed by atoms with Crippen molar-refractivity contribution in [2.45, 2.75) is 64.5 Å². The number of thiazole rings is 1. The molecule has 1 aromatic rings. The number of amides is 2. The molecule has 0 spiro atoms. The fraction of sp³-hybridized carbons (Fsp3) is 0.750. The van der Waals surface area contributed by atoms with Gasteiger partial charge in [0, 0.05) is 11.1 Å². The Balaban J connectivity index is 1.93. The number of carbonyl (C=O) groups excluding carboxylic acids is 1. The van der Waals surface area contributed by atoms with Crippen molar-refractivity contribution >= 4 is 17.4 Å². The molecular weight excluding hydrogens is 298 g/mol. The molecule has 22 heavy (non-hydrogen) atoms. The van der Waals surface area contributed by atoms with Crippen LogP contribution in [0.4, 0.5) is 4.79 Å². The molecule has 0 aromatic carbocycles. The summed E-state index contributed by atoms with van der Waals surface area (Å²) in [6.07, 6.45) is 5.75. The van der Waals surface area contributed by atoms with E-state index in [-0.39, 0.29) is 18.7 Å². The third-order valence-electron chi connectivity index (χ3n) is 4.59. The second-order valence-electron chi connectivity index (χ2n) is 6.56. The van der Waals surface area contributed by atoms with Crippen LogP contribution in [0.2, 0.25) is 0 Å². The monoisotopic (exact) mass is 325 g/mol. The molecule has 6 heteroatoms. The molecule has 0 unspecified atom stereocenters. The van der Waals surface area contributed by atoms with Crippen LogP contribution in [0, 0.1) is 12.8 Å². The minimum absolute atomic E-state index is 0.0319. The van der Waals surface area contributed by atoms with Gasteiger partial charge in [-0.05, 0) is 39.5 Å². The van der Waals surface area contributed by atoms with Crippen molar-refractivity contribution in [1.82, 2.24) is 15.6 Å². The zero-order valence-electron chi connectivity index (χ0n) is 13.7. The molecule has 2 atom stereocenters. The minimum atomic E-state index is -0.553. The first kappa shape index (κ1) is 17.2. The van der Waals surface area contributed by atoms with Gasteiger partial charge in [0.2, 0.25) is 0 Å². The van der Waals surface area contributed by atoms with Crippen LogP contribution < -0.4 is 10.6 Å². The highest BCUT2D eigenvalue weighted by Crippen LogP contribution is 2.32. The average Bonchev–Trinajstić information content (AvgIpc) is 2.94. The van der Waals surface area contributed by atoms with Gasteiger partial charge in [0.25, 0.3) is 0 Å². The van der Waals surface area contributed by atoms with Gasteiger partial charge in [0.1, 0.15) is 5.01 Å². The van der Waals surface area contributed by atoms with E-state index in [0.717, 1.165) is 23.5 Å².